The summed E-state index contributed by atoms with van der Waals surface area (Å²) in [5, 5.41) is 0. The Morgan fingerprint density at radius 1 is 0.970 bits per heavy atom. The third kappa shape index (κ3) is 6.72. The van der Waals surface area contributed by atoms with E-state index in [0.717, 1.165) is 27.8 Å². The Morgan fingerprint density at radius 3 is 2.15 bits per heavy atom. The number of carbonyl (C=O) groups excluding carboxylic acids is 1. The van der Waals surface area contributed by atoms with Crippen molar-refractivity contribution in [1.82, 2.24) is 10.1 Å². The summed E-state index contributed by atoms with van der Waals surface area (Å²) in [6.45, 7) is 11.8. The molecule has 0 fully saturated rings. The standard InChI is InChI=1S/C27H26N4O2/c1-21(19-29-3)23-9-11-24(12-10-23)25-13-15-26(16-14-25)27(32)33-31(30-18-17-28-2)20-22-7-5-4-6-8-22/h4-17,20,30H,1-3,18-19H2/q+2/b31-20+. The number of carbonyl (C=O) groups is 1. The second-order valence-electron chi connectivity index (χ2n) is 7.11. The van der Waals surface area contributed by atoms with E-state index in [-0.39, 0.29) is 0 Å². The van der Waals surface area contributed by atoms with Gasteiger partial charge in [0.1, 0.15) is 4.85 Å². The third-order valence-corrected chi connectivity index (χ3v) is 4.76. The van der Waals surface area contributed by atoms with Gasteiger partial charge >= 0.3 is 5.97 Å². The van der Waals surface area contributed by atoms with E-state index in [2.05, 4.69) is 35.1 Å². The topological polar surface area (TPSA) is 67.8 Å². The van der Waals surface area contributed by atoms with Crippen molar-refractivity contribution in [3.05, 3.63) is 102 Å². The van der Waals surface area contributed by atoms with Crippen LogP contribution in [0.4, 0.5) is 0 Å². The number of hydrazone groups is 1. The van der Waals surface area contributed by atoms with Gasteiger partial charge in [0.25, 0.3) is 19.1 Å². The van der Waals surface area contributed by atoms with Crippen LogP contribution in [0.25, 0.3) is 16.7 Å². The summed E-state index contributed by atoms with van der Waals surface area (Å²) in [5.74, 6) is -0.489. The van der Waals surface area contributed by atoms with Crippen molar-refractivity contribution in [2.75, 3.05) is 13.1 Å². The highest BCUT2D eigenvalue weighted by Crippen LogP contribution is 2.23. The van der Waals surface area contributed by atoms with Gasteiger partial charge in [0.15, 0.2) is 6.54 Å². The van der Waals surface area contributed by atoms with Gasteiger partial charge in [0.05, 0.1) is 12.1 Å². The molecule has 0 aromatic heterocycles. The van der Waals surface area contributed by atoms with Gasteiger partial charge < -0.3 is 0 Å². The minimum atomic E-state index is -0.489. The molecular weight excluding hydrogens is 412 g/mol. The first-order valence-electron chi connectivity index (χ1n) is 10.3. The summed E-state index contributed by atoms with van der Waals surface area (Å²) >= 11 is 0. The van der Waals surface area contributed by atoms with Gasteiger partial charge in [-0.3, -0.25) is 4.99 Å². The predicted octanol–water partition coefficient (Wildman–Crippen LogP) is 3.61. The largest absolute Gasteiger partial charge is 0.414 e. The Hall–Kier alpha value is -4.54. The maximum atomic E-state index is 12.7. The molecule has 0 aliphatic heterocycles. The lowest BCUT2D eigenvalue weighted by Gasteiger charge is -2.06. The highest BCUT2D eigenvalue weighted by molar-refractivity contribution is 5.90. The van der Waals surface area contributed by atoms with Crippen LogP contribution in [-0.4, -0.2) is 49.8 Å². The van der Waals surface area contributed by atoms with E-state index in [9.17, 15) is 4.79 Å². The Morgan fingerprint density at radius 2 is 1.58 bits per heavy atom. The molecule has 0 radical (unpaired) electrons. The molecule has 0 saturated carbocycles. The number of nitrogens with one attached hydrogen (secondary N) is 1. The minimum Gasteiger partial charge on any atom is -0.296 e. The van der Waals surface area contributed by atoms with E-state index in [1.165, 1.54) is 4.85 Å². The zero-order valence-corrected chi connectivity index (χ0v) is 18.4. The molecule has 3 aromatic carbocycles. The number of hydrazine groups is 1. The second kappa shape index (κ2) is 11.7. The van der Waals surface area contributed by atoms with Crippen LogP contribution in [-0.2, 0) is 4.84 Å². The molecule has 0 aliphatic rings. The predicted molar refractivity (Wildman–Crippen MR) is 136 cm³/mol. The summed E-state index contributed by atoms with van der Waals surface area (Å²) in [4.78, 5) is 23.4. The van der Waals surface area contributed by atoms with E-state index >= 15 is 0 Å². The fraction of sp³-hybridized carbons (Fsp3) is 0.0741. The lowest BCUT2D eigenvalue weighted by atomic mass is 10.0. The zero-order valence-electron chi connectivity index (χ0n) is 18.4. The number of aliphatic imine (C=N–C) groups is 1. The van der Waals surface area contributed by atoms with Crippen molar-refractivity contribution in [1.29, 1.82) is 0 Å². The lowest BCUT2D eigenvalue weighted by Crippen LogP contribution is -2.34. The van der Waals surface area contributed by atoms with E-state index < -0.39 is 5.97 Å². The molecule has 0 saturated heterocycles. The molecule has 0 heterocycles. The van der Waals surface area contributed by atoms with Crippen LogP contribution in [0.2, 0.25) is 0 Å². The lowest BCUT2D eigenvalue weighted by molar-refractivity contribution is -0.797. The molecule has 0 amide bonds. The number of hydrogen-bond acceptors (Lipinski definition) is 4. The average molecular weight is 439 g/mol. The molecular formula is C27H26N4O2+2. The molecule has 3 rings (SSSR count). The van der Waals surface area contributed by atoms with Crippen LogP contribution in [0.1, 0.15) is 21.5 Å². The molecule has 164 valence electrons. The van der Waals surface area contributed by atoms with Crippen molar-refractivity contribution < 1.29 is 14.5 Å². The van der Waals surface area contributed by atoms with Crippen LogP contribution < -0.4 is 10.1 Å². The smallest absolute Gasteiger partial charge is 0.296 e. The summed E-state index contributed by atoms with van der Waals surface area (Å²) in [7, 11) is 0. The summed E-state index contributed by atoms with van der Waals surface area (Å²) < 4.78 is 3.68. The maximum absolute atomic E-state index is 12.7. The van der Waals surface area contributed by atoms with E-state index in [4.69, 9.17) is 4.84 Å². The number of benzene rings is 3. The molecule has 0 unspecified atom stereocenters. The molecule has 3 aromatic rings. The molecule has 6 heteroatoms. The molecule has 1 N–H and O–H groups in total. The van der Waals surface area contributed by atoms with Gasteiger partial charge in [-0.25, -0.2) is 4.79 Å². The van der Waals surface area contributed by atoms with Crippen LogP contribution in [0.15, 0.2) is 90.4 Å². The first kappa shape index (κ1) is 23.1. The molecule has 33 heavy (non-hydrogen) atoms. The van der Waals surface area contributed by atoms with E-state index in [1.54, 1.807) is 24.6 Å². The van der Waals surface area contributed by atoms with Gasteiger partial charge in [-0.2, -0.15) is 4.84 Å². The summed E-state index contributed by atoms with van der Waals surface area (Å²) in [6.07, 6.45) is 3.25. The van der Waals surface area contributed by atoms with Gasteiger partial charge in [0, 0.05) is 5.56 Å². The molecule has 0 aliphatic carbocycles. The van der Waals surface area contributed by atoms with Crippen LogP contribution in [0.3, 0.4) is 0 Å². The highest BCUT2D eigenvalue weighted by atomic mass is 16.7. The van der Waals surface area contributed by atoms with Crippen molar-refractivity contribution in [3.63, 3.8) is 0 Å². The van der Waals surface area contributed by atoms with E-state index in [1.807, 2.05) is 66.7 Å². The SMILES string of the molecule is C=NCC(=C)c1ccc(-c2ccc(C(=O)O/[N+](=C/c3ccccc3)NCC=[N+]=C)cc2)cc1. The second-order valence-corrected chi connectivity index (χ2v) is 7.11. The molecule has 0 atom stereocenters. The van der Waals surface area contributed by atoms with E-state index in [0.29, 0.717) is 18.7 Å². The summed E-state index contributed by atoms with van der Waals surface area (Å²) in [5.41, 5.74) is 8.22. The first-order valence-corrected chi connectivity index (χ1v) is 10.3. The van der Waals surface area contributed by atoms with Crippen LogP contribution >= 0.6 is 0 Å². The van der Waals surface area contributed by atoms with Crippen molar-refractivity contribution in [3.8, 4) is 11.1 Å². The third-order valence-electron chi connectivity index (χ3n) is 4.76. The fourth-order valence-corrected chi connectivity index (χ4v) is 3.04. The maximum Gasteiger partial charge on any atom is 0.414 e. The average Bonchev–Trinajstić information content (AvgIpc) is 2.85. The van der Waals surface area contributed by atoms with Gasteiger partial charge in [-0.1, -0.05) is 61.2 Å². The quantitative estimate of drug-likeness (QED) is 0.173. The van der Waals surface area contributed by atoms with Gasteiger partial charge in [-0.15, -0.1) is 10.1 Å². The highest BCUT2D eigenvalue weighted by Gasteiger charge is 2.17. The number of rotatable bonds is 10. The fourth-order valence-electron chi connectivity index (χ4n) is 3.04. The van der Waals surface area contributed by atoms with Crippen molar-refractivity contribution in [2.45, 2.75) is 0 Å². The number of nitrogens with zero attached hydrogens (tertiary/aromatic N) is 3. The minimum absolute atomic E-state index is 0.352. The monoisotopic (exact) mass is 438 g/mol. The van der Waals surface area contributed by atoms with Crippen molar-refractivity contribution in [2.24, 2.45) is 4.99 Å². The normalized spacial score (nSPS) is 10.6. The van der Waals surface area contributed by atoms with Crippen molar-refractivity contribution >= 4 is 37.4 Å². The Labute approximate surface area is 193 Å². The zero-order chi connectivity index (χ0) is 23.5. The Balaban J connectivity index is 1.72. The molecule has 0 bridgehead atoms. The summed E-state index contributed by atoms with van der Waals surface area (Å²) in [6, 6.07) is 24.8. The van der Waals surface area contributed by atoms with Gasteiger partial charge in [-0.05, 0) is 53.2 Å². The molecule has 0 spiro atoms. The number of hydrogen-bond donors (Lipinski definition) is 1. The Kier molecular flexibility index (Phi) is 8.23. The Bertz CT molecular complexity index is 1190. The first-order chi connectivity index (χ1) is 16.1. The molecule has 6 nitrogen and oxygen atoms in total. The van der Waals surface area contributed by atoms with Crippen LogP contribution in [0, 0.1) is 0 Å². The van der Waals surface area contributed by atoms with Gasteiger partial charge in [0.2, 0.25) is 0 Å². The van der Waals surface area contributed by atoms with Crippen LogP contribution in [0.5, 0.6) is 0 Å².